The van der Waals surface area contributed by atoms with Crippen molar-refractivity contribution in [1.29, 1.82) is 0 Å². The molecular weight excluding hydrogens is 332 g/mol. The molecule has 0 radical (unpaired) electrons. The van der Waals surface area contributed by atoms with E-state index in [2.05, 4.69) is 32.1 Å². The number of hydrogen-bond donors (Lipinski definition) is 1. The number of rotatable bonds is 5. The second-order valence-electron chi connectivity index (χ2n) is 7.11. The maximum Gasteiger partial charge on any atom is 0.225 e. The van der Waals surface area contributed by atoms with Crippen LogP contribution < -0.4 is 10.2 Å². The minimum absolute atomic E-state index is 0.00167. The first-order valence-corrected chi connectivity index (χ1v) is 9.30. The number of amides is 2. The minimum atomic E-state index is -0.00167. The van der Waals surface area contributed by atoms with Gasteiger partial charge in [0.2, 0.25) is 17.8 Å². The summed E-state index contributed by atoms with van der Waals surface area (Å²) in [5.41, 5.74) is 0. The third kappa shape index (κ3) is 4.49. The fraction of sp³-hybridized carbons (Fsp3) is 0.667. The summed E-state index contributed by atoms with van der Waals surface area (Å²) in [7, 11) is 2.06. The third-order valence-electron chi connectivity index (χ3n) is 5.45. The van der Waals surface area contributed by atoms with E-state index in [0.717, 1.165) is 31.9 Å². The molecule has 1 aromatic heterocycles. The highest BCUT2D eigenvalue weighted by atomic mass is 16.2. The first kappa shape index (κ1) is 18.6. The monoisotopic (exact) mass is 360 g/mol. The number of aromatic nitrogens is 2. The van der Waals surface area contributed by atoms with Crippen LogP contribution in [0.3, 0.4) is 0 Å². The molecule has 0 aliphatic carbocycles. The summed E-state index contributed by atoms with van der Waals surface area (Å²) in [5, 5.41) is 2.88. The van der Waals surface area contributed by atoms with Crippen molar-refractivity contribution in [2.75, 3.05) is 44.7 Å². The first-order valence-electron chi connectivity index (χ1n) is 9.30. The Bertz CT molecular complexity index is 617. The van der Waals surface area contributed by atoms with Gasteiger partial charge in [-0.05, 0) is 26.0 Å². The number of anilines is 1. The smallest absolute Gasteiger partial charge is 0.225 e. The lowest BCUT2D eigenvalue weighted by molar-refractivity contribution is -0.132. The number of nitrogens with one attached hydrogen (secondary N) is 1. The summed E-state index contributed by atoms with van der Waals surface area (Å²) in [6.45, 7) is 5.15. The molecule has 2 atom stereocenters. The Labute approximate surface area is 154 Å². The van der Waals surface area contributed by atoms with E-state index < -0.39 is 0 Å². The van der Waals surface area contributed by atoms with Gasteiger partial charge < -0.3 is 15.1 Å². The number of likely N-dealkylation sites (N-methyl/N-ethyl adjacent to an activating group) is 1. The summed E-state index contributed by atoms with van der Waals surface area (Å²) >= 11 is 0. The highest BCUT2D eigenvalue weighted by Crippen LogP contribution is 2.25. The number of carbonyl (C=O) groups excluding carboxylic acids is 2. The number of likely N-dealkylation sites (tertiary alicyclic amines) is 1. The molecule has 1 N–H and O–H groups in total. The minimum Gasteiger partial charge on any atom is -0.355 e. The van der Waals surface area contributed by atoms with Crippen molar-refractivity contribution in [2.45, 2.75) is 38.3 Å². The number of hydrogen-bond acceptors (Lipinski definition) is 6. The van der Waals surface area contributed by atoms with Crippen LogP contribution >= 0.6 is 0 Å². The molecule has 2 aliphatic heterocycles. The van der Waals surface area contributed by atoms with E-state index in [1.54, 1.807) is 18.5 Å². The second-order valence-corrected chi connectivity index (χ2v) is 7.11. The summed E-state index contributed by atoms with van der Waals surface area (Å²) in [4.78, 5) is 38.7. The Balaban J connectivity index is 1.45. The van der Waals surface area contributed by atoms with Crippen molar-refractivity contribution in [1.82, 2.24) is 25.1 Å². The lowest BCUT2D eigenvalue weighted by Gasteiger charge is -2.35. The van der Waals surface area contributed by atoms with E-state index in [1.807, 2.05) is 4.90 Å². The Morgan fingerprint density at radius 2 is 1.77 bits per heavy atom. The molecule has 0 spiro atoms. The zero-order chi connectivity index (χ0) is 18.5. The predicted molar refractivity (Wildman–Crippen MR) is 98.7 cm³/mol. The molecule has 0 bridgehead atoms. The molecule has 2 fully saturated rings. The van der Waals surface area contributed by atoms with Gasteiger partial charge >= 0.3 is 0 Å². The molecule has 2 aliphatic rings. The van der Waals surface area contributed by atoms with Crippen LogP contribution in [-0.2, 0) is 9.59 Å². The van der Waals surface area contributed by atoms with E-state index in [9.17, 15) is 9.59 Å². The van der Waals surface area contributed by atoms with E-state index in [0.29, 0.717) is 32.1 Å². The average molecular weight is 360 g/mol. The Morgan fingerprint density at radius 3 is 2.42 bits per heavy atom. The van der Waals surface area contributed by atoms with Crippen LogP contribution in [0.5, 0.6) is 0 Å². The lowest BCUT2D eigenvalue weighted by Crippen LogP contribution is -2.50. The Hall–Kier alpha value is -2.22. The van der Waals surface area contributed by atoms with Crippen LogP contribution in [0.25, 0.3) is 0 Å². The van der Waals surface area contributed by atoms with Crippen LogP contribution in [0.4, 0.5) is 5.95 Å². The molecule has 1 aromatic rings. The molecule has 142 valence electrons. The zero-order valence-electron chi connectivity index (χ0n) is 15.6. The largest absolute Gasteiger partial charge is 0.355 e. The van der Waals surface area contributed by atoms with Crippen LogP contribution in [0.2, 0.25) is 0 Å². The molecule has 0 unspecified atom stereocenters. The van der Waals surface area contributed by atoms with Gasteiger partial charge in [-0.1, -0.05) is 0 Å². The van der Waals surface area contributed by atoms with Crippen LogP contribution in [-0.4, -0.2) is 83.4 Å². The van der Waals surface area contributed by atoms with Crippen LogP contribution in [0.1, 0.15) is 26.2 Å². The quantitative estimate of drug-likeness (QED) is 0.803. The van der Waals surface area contributed by atoms with E-state index in [1.165, 1.54) is 6.92 Å². The summed E-state index contributed by atoms with van der Waals surface area (Å²) in [6.07, 6.45) is 6.06. The molecule has 0 saturated carbocycles. The van der Waals surface area contributed by atoms with Crippen LogP contribution in [0.15, 0.2) is 18.5 Å². The lowest BCUT2D eigenvalue weighted by atomic mass is 10.1. The molecule has 3 heterocycles. The van der Waals surface area contributed by atoms with E-state index in [-0.39, 0.29) is 17.9 Å². The van der Waals surface area contributed by atoms with Crippen molar-refractivity contribution in [3.05, 3.63) is 18.5 Å². The number of nitrogens with zero attached hydrogens (tertiary/aromatic N) is 5. The Morgan fingerprint density at radius 1 is 1.12 bits per heavy atom. The SMILES string of the molecule is CC(=O)NC[C@H]1CC[C@@H](CC(=O)N2CCN(c3ncccn3)CC2)N1C. The van der Waals surface area contributed by atoms with Gasteiger partial charge in [0.25, 0.3) is 0 Å². The predicted octanol–water partition coefficient (Wildman–Crippen LogP) is 0.114. The van der Waals surface area contributed by atoms with Gasteiger partial charge in [-0.3, -0.25) is 14.5 Å². The second kappa shape index (κ2) is 8.44. The van der Waals surface area contributed by atoms with E-state index >= 15 is 0 Å². The van der Waals surface area contributed by atoms with E-state index in [4.69, 9.17) is 0 Å². The average Bonchev–Trinajstić information content (AvgIpc) is 3.00. The van der Waals surface area contributed by atoms with Crippen molar-refractivity contribution < 1.29 is 9.59 Å². The molecule has 2 amide bonds. The summed E-state index contributed by atoms with van der Waals surface area (Å²) < 4.78 is 0. The topological polar surface area (TPSA) is 81.7 Å². The van der Waals surface area contributed by atoms with Crippen LogP contribution in [0, 0.1) is 0 Å². The van der Waals surface area contributed by atoms with Gasteiger partial charge in [0.05, 0.1) is 0 Å². The maximum absolute atomic E-state index is 12.7. The molecule has 8 heteroatoms. The molecule has 2 saturated heterocycles. The maximum atomic E-state index is 12.7. The summed E-state index contributed by atoms with van der Waals surface area (Å²) in [5.74, 6) is 0.949. The summed E-state index contributed by atoms with van der Waals surface area (Å²) in [6, 6.07) is 2.39. The van der Waals surface area contributed by atoms with Crippen molar-refractivity contribution in [2.24, 2.45) is 0 Å². The van der Waals surface area contributed by atoms with Crippen molar-refractivity contribution in [3.63, 3.8) is 0 Å². The molecule has 0 aromatic carbocycles. The van der Waals surface area contributed by atoms with Gasteiger partial charge in [0, 0.05) is 70.5 Å². The van der Waals surface area contributed by atoms with Gasteiger partial charge in [0.1, 0.15) is 0 Å². The molecule has 26 heavy (non-hydrogen) atoms. The fourth-order valence-corrected chi connectivity index (χ4v) is 3.78. The fourth-order valence-electron chi connectivity index (χ4n) is 3.78. The molecule has 8 nitrogen and oxygen atoms in total. The standard InChI is InChI=1S/C18H28N6O2/c1-14(25)21-13-16-5-4-15(22(16)2)12-17(26)23-8-10-24(11-9-23)18-19-6-3-7-20-18/h3,6-7,15-16H,4-5,8-13H2,1-2H3,(H,21,25)/t15-,16+/m0/s1. The highest BCUT2D eigenvalue weighted by Gasteiger charge is 2.33. The first-order chi connectivity index (χ1) is 12.5. The van der Waals surface area contributed by atoms with Crippen molar-refractivity contribution in [3.8, 4) is 0 Å². The van der Waals surface area contributed by atoms with Gasteiger partial charge in [-0.2, -0.15) is 0 Å². The molecule has 3 rings (SSSR count). The normalized spacial score (nSPS) is 23.9. The van der Waals surface area contributed by atoms with Crippen molar-refractivity contribution >= 4 is 17.8 Å². The zero-order valence-corrected chi connectivity index (χ0v) is 15.6. The number of carbonyl (C=O) groups is 2. The molecular formula is C18H28N6O2. The number of piperazine rings is 1. The highest BCUT2D eigenvalue weighted by molar-refractivity contribution is 5.77. The third-order valence-corrected chi connectivity index (χ3v) is 5.45. The van der Waals surface area contributed by atoms with Gasteiger partial charge in [-0.15, -0.1) is 0 Å². The van der Waals surface area contributed by atoms with Gasteiger partial charge in [-0.25, -0.2) is 9.97 Å². The Kier molecular flexibility index (Phi) is 6.03. The van der Waals surface area contributed by atoms with Gasteiger partial charge in [0.15, 0.2) is 0 Å².